The van der Waals surface area contributed by atoms with Crippen LogP contribution in [0.1, 0.15) is 53.4 Å². The summed E-state index contributed by atoms with van der Waals surface area (Å²) in [6.45, 7) is 3.93. The predicted octanol–water partition coefficient (Wildman–Crippen LogP) is 3.56. The van der Waals surface area contributed by atoms with Crippen molar-refractivity contribution in [2.45, 2.75) is 58.5 Å². The molecule has 0 unspecified atom stereocenters. The first kappa shape index (κ1) is 14.5. The summed E-state index contributed by atoms with van der Waals surface area (Å²) in [5, 5.41) is 19.6. The van der Waals surface area contributed by atoms with E-state index in [-0.39, 0.29) is 0 Å². The van der Waals surface area contributed by atoms with Crippen LogP contribution in [0.15, 0.2) is 30.3 Å². The minimum atomic E-state index is -1.46. The van der Waals surface area contributed by atoms with Crippen molar-refractivity contribution >= 4 is 0 Å². The molecular weight excluding hydrogens is 236 g/mol. The number of hydrogen-bond acceptors (Lipinski definition) is 2. The van der Waals surface area contributed by atoms with Crippen LogP contribution in [0.4, 0.5) is 0 Å². The molecule has 2 atom stereocenters. The van der Waals surface area contributed by atoms with Gasteiger partial charge in [0.2, 0.25) is 0 Å². The minimum Gasteiger partial charge on any atom is -0.393 e. The number of rotatable bonds is 8. The van der Waals surface area contributed by atoms with E-state index in [2.05, 4.69) is 24.3 Å². The van der Waals surface area contributed by atoms with Crippen LogP contribution in [0, 0.1) is 5.41 Å². The van der Waals surface area contributed by atoms with Crippen LogP contribution >= 0.6 is 0 Å². The Morgan fingerprint density at radius 3 is 2.26 bits per heavy atom. The van der Waals surface area contributed by atoms with E-state index in [1.807, 2.05) is 19.9 Å². The maximum Gasteiger partial charge on any atom is 0.0899 e. The van der Waals surface area contributed by atoms with Gasteiger partial charge in [0.25, 0.3) is 0 Å². The van der Waals surface area contributed by atoms with Crippen molar-refractivity contribution in [2.24, 2.45) is 5.41 Å². The van der Waals surface area contributed by atoms with Gasteiger partial charge < -0.3 is 10.2 Å². The zero-order valence-corrected chi connectivity index (χ0v) is 12.4. The first-order valence-electron chi connectivity index (χ1n) is 7.72. The molecule has 1 aromatic rings. The largest absolute Gasteiger partial charge is 0.393 e. The lowest BCUT2D eigenvalue weighted by Crippen LogP contribution is -2.45. The Kier molecular flexibility index (Phi) is 5.41. The molecule has 19 heavy (non-hydrogen) atoms. The maximum absolute atomic E-state index is 10.2. The zero-order valence-electron chi connectivity index (χ0n) is 13.4. The van der Waals surface area contributed by atoms with Gasteiger partial charge in [-0.3, -0.25) is 0 Å². The second-order valence-corrected chi connectivity index (χ2v) is 6.21. The average Bonchev–Trinajstić information content (AvgIpc) is 2.39. The molecule has 0 aliphatic rings. The average molecular weight is 265 g/mol. The van der Waals surface area contributed by atoms with E-state index in [9.17, 15) is 10.2 Å². The number of hydrogen-bond donors (Lipinski definition) is 2. The molecule has 0 bridgehead atoms. The maximum atomic E-state index is 10.2. The fourth-order valence-electron chi connectivity index (χ4n) is 2.15. The molecule has 0 fully saturated rings. The van der Waals surface area contributed by atoms with Crippen molar-refractivity contribution < 1.29 is 11.6 Å². The summed E-state index contributed by atoms with van der Waals surface area (Å²) < 4.78 is 7.37. The molecule has 108 valence electrons. The first-order chi connectivity index (χ1) is 9.27. The smallest absolute Gasteiger partial charge is 0.0899 e. The second-order valence-electron chi connectivity index (χ2n) is 6.21. The number of aliphatic hydroxyl groups excluding tert-OH is 1. The fraction of sp³-hybridized carbons (Fsp3) is 0.647. The van der Waals surface area contributed by atoms with E-state index in [4.69, 9.17) is 1.37 Å². The number of aryl methyl sites for hydroxylation is 1. The third-order valence-corrected chi connectivity index (χ3v) is 4.23. The molecule has 0 aromatic heterocycles. The number of benzene rings is 1. The lowest BCUT2D eigenvalue weighted by molar-refractivity contribution is -0.0919. The molecule has 0 saturated heterocycles. The molecule has 0 radical (unpaired) electrons. The van der Waals surface area contributed by atoms with E-state index >= 15 is 0 Å². The van der Waals surface area contributed by atoms with Crippen molar-refractivity contribution in [1.82, 2.24) is 0 Å². The SMILES string of the molecule is [2H][C@H](O)[C@@](C)(O)C(C)(C)CCCCCc1ccccc1. The third-order valence-electron chi connectivity index (χ3n) is 4.23. The Balaban J connectivity index is 2.30. The van der Waals surface area contributed by atoms with Crippen molar-refractivity contribution in [3.05, 3.63) is 35.9 Å². The second kappa shape index (κ2) is 7.06. The quantitative estimate of drug-likeness (QED) is 0.706. The summed E-state index contributed by atoms with van der Waals surface area (Å²) in [6, 6.07) is 10.4. The summed E-state index contributed by atoms with van der Waals surface area (Å²) >= 11 is 0. The van der Waals surface area contributed by atoms with E-state index < -0.39 is 17.6 Å². The normalized spacial score (nSPS) is 17.6. The van der Waals surface area contributed by atoms with E-state index in [1.165, 1.54) is 5.56 Å². The van der Waals surface area contributed by atoms with E-state index in [0.717, 1.165) is 32.1 Å². The van der Waals surface area contributed by atoms with Gasteiger partial charge in [-0.15, -0.1) is 0 Å². The van der Waals surface area contributed by atoms with Crippen LogP contribution in [-0.4, -0.2) is 22.4 Å². The standard InChI is InChI=1S/C17H28O2/c1-16(2,17(3,19)14-18)13-9-5-8-12-15-10-6-4-7-11-15/h4,6-7,10-11,18-19H,5,8-9,12-14H2,1-3H3/t17-/m1/s1/i14D/t14-,17+/m0. The van der Waals surface area contributed by atoms with Gasteiger partial charge in [-0.2, -0.15) is 0 Å². The van der Waals surface area contributed by atoms with Crippen molar-refractivity contribution in [3.8, 4) is 0 Å². The van der Waals surface area contributed by atoms with E-state index in [1.54, 1.807) is 6.92 Å². The molecule has 2 nitrogen and oxygen atoms in total. The highest BCUT2D eigenvalue weighted by atomic mass is 16.3. The summed E-state index contributed by atoms with van der Waals surface area (Å²) in [5.41, 5.74) is -0.465. The molecule has 0 aliphatic heterocycles. The van der Waals surface area contributed by atoms with E-state index in [0.29, 0.717) is 0 Å². The van der Waals surface area contributed by atoms with Crippen molar-refractivity contribution in [3.63, 3.8) is 0 Å². The lowest BCUT2D eigenvalue weighted by atomic mass is 9.73. The van der Waals surface area contributed by atoms with Gasteiger partial charge in [-0.25, -0.2) is 0 Å². The molecule has 0 spiro atoms. The van der Waals surface area contributed by atoms with Crippen molar-refractivity contribution in [2.75, 3.05) is 6.58 Å². The highest BCUT2D eigenvalue weighted by Crippen LogP contribution is 2.35. The van der Waals surface area contributed by atoms with Crippen LogP contribution in [0.2, 0.25) is 0 Å². The van der Waals surface area contributed by atoms with Gasteiger partial charge in [-0.1, -0.05) is 57.0 Å². The number of aliphatic hydroxyl groups is 2. The van der Waals surface area contributed by atoms with Crippen LogP contribution < -0.4 is 0 Å². The summed E-state index contributed by atoms with van der Waals surface area (Å²) in [6.07, 6.45) is 5.13. The Labute approximate surface area is 118 Å². The topological polar surface area (TPSA) is 40.5 Å². The van der Waals surface area contributed by atoms with Gasteiger partial charge in [0.05, 0.1) is 13.6 Å². The molecule has 2 heteroatoms. The van der Waals surface area contributed by atoms with Crippen LogP contribution in [-0.2, 0) is 6.42 Å². The molecular formula is C17H28O2. The summed E-state index contributed by atoms with van der Waals surface area (Å²) in [7, 11) is 0. The number of unbranched alkanes of at least 4 members (excludes halogenated alkanes) is 2. The van der Waals surface area contributed by atoms with Gasteiger partial charge in [0.1, 0.15) is 0 Å². The van der Waals surface area contributed by atoms with Crippen LogP contribution in [0.3, 0.4) is 0 Å². The molecule has 2 N–H and O–H groups in total. The van der Waals surface area contributed by atoms with Gasteiger partial charge in [-0.05, 0) is 37.2 Å². The summed E-state index contributed by atoms with van der Waals surface area (Å²) in [5.74, 6) is 0. The molecule has 0 heterocycles. The van der Waals surface area contributed by atoms with Gasteiger partial charge >= 0.3 is 0 Å². The Morgan fingerprint density at radius 1 is 1.05 bits per heavy atom. The van der Waals surface area contributed by atoms with Crippen molar-refractivity contribution in [1.29, 1.82) is 0 Å². The van der Waals surface area contributed by atoms with Gasteiger partial charge in [0, 0.05) is 0 Å². The fourth-order valence-corrected chi connectivity index (χ4v) is 2.15. The Bertz CT molecular complexity index is 385. The predicted molar refractivity (Wildman–Crippen MR) is 80.1 cm³/mol. The molecule has 0 saturated carbocycles. The van der Waals surface area contributed by atoms with Crippen LogP contribution in [0.5, 0.6) is 0 Å². The highest BCUT2D eigenvalue weighted by molar-refractivity contribution is 5.14. The molecule has 1 rings (SSSR count). The zero-order chi connectivity index (χ0) is 15.2. The lowest BCUT2D eigenvalue weighted by Gasteiger charge is -2.39. The minimum absolute atomic E-state index is 0.457. The highest BCUT2D eigenvalue weighted by Gasteiger charge is 2.37. The monoisotopic (exact) mass is 265 g/mol. The molecule has 0 amide bonds. The Morgan fingerprint density at radius 2 is 1.68 bits per heavy atom. The summed E-state index contributed by atoms with van der Waals surface area (Å²) in [4.78, 5) is 0. The van der Waals surface area contributed by atoms with Crippen LogP contribution in [0.25, 0.3) is 0 Å². The molecule has 1 aromatic carbocycles. The van der Waals surface area contributed by atoms with Gasteiger partial charge in [0.15, 0.2) is 0 Å². The third kappa shape index (κ3) is 4.96. The molecule has 0 aliphatic carbocycles. The Hall–Kier alpha value is -0.860. The first-order valence-corrected chi connectivity index (χ1v) is 7.14.